The summed E-state index contributed by atoms with van der Waals surface area (Å²) in [5, 5.41) is 4.31. The minimum atomic E-state index is -0.0300. The SMILES string of the molecule is O=c1cc(N2CCCCC2)cnn1Cc1ccc(Br)s1. The first-order valence-corrected chi connectivity index (χ1v) is 8.40. The monoisotopic (exact) mass is 353 g/mol. The Hall–Kier alpha value is -1.14. The molecule has 2 aromatic heterocycles. The lowest BCUT2D eigenvalue weighted by Crippen LogP contribution is -2.32. The summed E-state index contributed by atoms with van der Waals surface area (Å²) in [6.45, 7) is 2.60. The molecule has 2 aromatic rings. The Morgan fingerprint density at radius 2 is 2.05 bits per heavy atom. The Balaban J connectivity index is 1.78. The Morgan fingerprint density at radius 3 is 2.70 bits per heavy atom. The molecule has 106 valence electrons. The van der Waals surface area contributed by atoms with Crippen molar-refractivity contribution in [1.82, 2.24) is 9.78 Å². The molecule has 0 saturated carbocycles. The lowest BCUT2D eigenvalue weighted by molar-refractivity contribution is 0.572. The molecule has 1 fully saturated rings. The Morgan fingerprint density at radius 1 is 1.25 bits per heavy atom. The van der Waals surface area contributed by atoms with Crippen LogP contribution in [0.15, 0.2) is 33.0 Å². The van der Waals surface area contributed by atoms with Crippen LogP contribution < -0.4 is 10.5 Å². The van der Waals surface area contributed by atoms with Gasteiger partial charge in [-0.2, -0.15) is 5.10 Å². The molecule has 0 radical (unpaired) electrons. The molecule has 6 heteroatoms. The third-order valence-electron chi connectivity index (χ3n) is 3.51. The van der Waals surface area contributed by atoms with Gasteiger partial charge in [-0.15, -0.1) is 11.3 Å². The number of nitrogens with zero attached hydrogens (tertiary/aromatic N) is 3. The molecule has 20 heavy (non-hydrogen) atoms. The van der Waals surface area contributed by atoms with Crippen molar-refractivity contribution in [2.24, 2.45) is 0 Å². The third-order valence-corrected chi connectivity index (χ3v) is 5.12. The third kappa shape index (κ3) is 3.12. The summed E-state index contributed by atoms with van der Waals surface area (Å²) in [5.74, 6) is 0. The number of thiophene rings is 1. The van der Waals surface area contributed by atoms with Gasteiger partial charge in [0.15, 0.2) is 0 Å². The zero-order chi connectivity index (χ0) is 13.9. The van der Waals surface area contributed by atoms with Crippen LogP contribution in [0.25, 0.3) is 0 Å². The van der Waals surface area contributed by atoms with Crippen LogP contribution in [0.3, 0.4) is 0 Å². The van der Waals surface area contributed by atoms with E-state index in [1.165, 1.54) is 23.9 Å². The van der Waals surface area contributed by atoms with Crippen LogP contribution in [-0.4, -0.2) is 22.9 Å². The molecule has 0 N–H and O–H groups in total. The summed E-state index contributed by atoms with van der Waals surface area (Å²) in [5.41, 5.74) is 0.927. The molecule has 0 unspecified atom stereocenters. The fourth-order valence-electron chi connectivity index (χ4n) is 2.45. The maximum Gasteiger partial charge on any atom is 0.269 e. The summed E-state index contributed by atoms with van der Waals surface area (Å²) in [7, 11) is 0. The van der Waals surface area contributed by atoms with E-state index in [1.54, 1.807) is 17.4 Å². The molecule has 3 heterocycles. The smallest absolute Gasteiger partial charge is 0.269 e. The van der Waals surface area contributed by atoms with E-state index in [0.29, 0.717) is 6.54 Å². The Kier molecular flexibility index (Phi) is 4.21. The van der Waals surface area contributed by atoms with Gasteiger partial charge >= 0.3 is 0 Å². The van der Waals surface area contributed by atoms with E-state index in [9.17, 15) is 4.79 Å². The van der Waals surface area contributed by atoms with Gasteiger partial charge in [-0.25, -0.2) is 4.68 Å². The average molecular weight is 354 g/mol. The van der Waals surface area contributed by atoms with Crippen molar-refractivity contribution in [3.8, 4) is 0 Å². The van der Waals surface area contributed by atoms with Crippen molar-refractivity contribution in [2.75, 3.05) is 18.0 Å². The van der Waals surface area contributed by atoms with Crippen molar-refractivity contribution >= 4 is 33.0 Å². The average Bonchev–Trinajstić information content (AvgIpc) is 2.87. The number of rotatable bonds is 3. The number of halogens is 1. The van der Waals surface area contributed by atoms with Gasteiger partial charge in [-0.05, 0) is 47.3 Å². The fourth-order valence-corrected chi connectivity index (χ4v) is 3.92. The zero-order valence-corrected chi connectivity index (χ0v) is 13.5. The summed E-state index contributed by atoms with van der Waals surface area (Å²) < 4.78 is 2.59. The van der Waals surface area contributed by atoms with Crippen molar-refractivity contribution in [3.05, 3.63) is 43.4 Å². The van der Waals surface area contributed by atoms with Crippen molar-refractivity contribution in [2.45, 2.75) is 25.8 Å². The summed E-state index contributed by atoms with van der Waals surface area (Å²) >= 11 is 5.06. The van der Waals surface area contributed by atoms with Crippen LogP contribution in [0.5, 0.6) is 0 Å². The molecule has 0 bridgehead atoms. The van der Waals surface area contributed by atoms with Crippen LogP contribution in [-0.2, 0) is 6.54 Å². The molecule has 0 aromatic carbocycles. The normalized spacial score (nSPS) is 15.6. The lowest BCUT2D eigenvalue weighted by Gasteiger charge is -2.28. The highest BCUT2D eigenvalue weighted by Crippen LogP contribution is 2.22. The maximum atomic E-state index is 12.2. The van der Waals surface area contributed by atoms with E-state index in [2.05, 4.69) is 25.9 Å². The summed E-state index contributed by atoms with van der Waals surface area (Å²) in [6.07, 6.45) is 5.50. The van der Waals surface area contributed by atoms with Gasteiger partial charge in [0, 0.05) is 24.0 Å². The number of hydrogen-bond donors (Lipinski definition) is 0. The van der Waals surface area contributed by atoms with Crippen molar-refractivity contribution < 1.29 is 0 Å². The second kappa shape index (κ2) is 6.10. The van der Waals surface area contributed by atoms with E-state index in [4.69, 9.17) is 0 Å². The second-order valence-electron chi connectivity index (χ2n) is 4.96. The molecule has 0 amide bonds. The molecule has 0 aliphatic carbocycles. The van der Waals surface area contributed by atoms with Crippen LogP contribution in [0.2, 0.25) is 0 Å². The highest BCUT2D eigenvalue weighted by Gasteiger charge is 2.12. The Labute approximate surface area is 130 Å². The quantitative estimate of drug-likeness (QED) is 0.850. The predicted molar refractivity (Wildman–Crippen MR) is 85.7 cm³/mol. The molecule has 4 nitrogen and oxygen atoms in total. The topological polar surface area (TPSA) is 38.1 Å². The minimum Gasteiger partial charge on any atom is -0.370 e. The zero-order valence-electron chi connectivity index (χ0n) is 11.1. The summed E-state index contributed by atoms with van der Waals surface area (Å²) in [6, 6.07) is 5.72. The molecular formula is C14H16BrN3OS. The Bertz CT molecular complexity index is 646. The largest absolute Gasteiger partial charge is 0.370 e. The lowest BCUT2D eigenvalue weighted by atomic mass is 10.1. The van der Waals surface area contributed by atoms with Crippen LogP contribution in [0.1, 0.15) is 24.1 Å². The first-order valence-electron chi connectivity index (χ1n) is 6.79. The van der Waals surface area contributed by atoms with Crippen LogP contribution >= 0.6 is 27.3 Å². The standard InChI is InChI=1S/C14H16BrN3OS/c15-13-5-4-12(20-13)10-18-14(19)8-11(9-16-18)17-6-2-1-3-7-17/h4-5,8-9H,1-3,6-7,10H2. The summed E-state index contributed by atoms with van der Waals surface area (Å²) in [4.78, 5) is 15.5. The van der Waals surface area contributed by atoms with Crippen LogP contribution in [0.4, 0.5) is 5.69 Å². The second-order valence-corrected chi connectivity index (χ2v) is 7.51. The number of piperidine rings is 1. The van der Waals surface area contributed by atoms with Gasteiger partial charge in [0.1, 0.15) is 0 Å². The molecule has 1 aliphatic rings. The highest BCUT2D eigenvalue weighted by molar-refractivity contribution is 9.11. The number of hydrogen-bond acceptors (Lipinski definition) is 4. The van der Waals surface area contributed by atoms with E-state index in [0.717, 1.165) is 27.4 Å². The van der Waals surface area contributed by atoms with E-state index in [1.807, 2.05) is 18.3 Å². The van der Waals surface area contributed by atoms with Gasteiger partial charge in [0.25, 0.3) is 5.56 Å². The van der Waals surface area contributed by atoms with E-state index < -0.39 is 0 Å². The molecule has 3 rings (SSSR count). The van der Waals surface area contributed by atoms with Gasteiger partial charge in [-0.1, -0.05) is 0 Å². The van der Waals surface area contributed by atoms with Crippen molar-refractivity contribution in [1.29, 1.82) is 0 Å². The number of aromatic nitrogens is 2. The van der Waals surface area contributed by atoms with Crippen LogP contribution in [0, 0.1) is 0 Å². The molecule has 1 saturated heterocycles. The molecule has 0 spiro atoms. The highest BCUT2D eigenvalue weighted by atomic mass is 79.9. The molecule has 1 aliphatic heterocycles. The first kappa shape index (κ1) is 13.8. The van der Waals surface area contributed by atoms with Gasteiger partial charge < -0.3 is 4.90 Å². The predicted octanol–water partition coefficient (Wildman–Crippen LogP) is 3.11. The maximum absolute atomic E-state index is 12.2. The fraction of sp³-hybridized carbons (Fsp3) is 0.429. The molecule has 0 atom stereocenters. The van der Waals surface area contributed by atoms with Gasteiger partial charge in [0.05, 0.1) is 22.2 Å². The minimum absolute atomic E-state index is 0.0300. The molecular weight excluding hydrogens is 338 g/mol. The van der Waals surface area contributed by atoms with Gasteiger partial charge in [0.2, 0.25) is 0 Å². The number of anilines is 1. The van der Waals surface area contributed by atoms with Gasteiger partial charge in [-0.3, -0.25) is 4.79 Å². The van der Waals surface area contributed by atoms with E-state index >= 15 is 0 Å². The first-order chi connectivity index (χ1) is 9.72. The van der Waals surface area contributed by atoms with Crippen molar-refractivity contribution in [3.63, 3.8) is 0 Å². The van der Waals surface area contributed by atoms with E-state index in [-0.39, 0.29) is 5.56 Å².